The van der Waals surface area contributed by atoms with Crippen molar-refractivity contribution in [2.75, 3.05) is 38.3 Å². The number of morpholine rings is 1. The molecule has 1 amide bonds. The Labute approximate surface area is 95.2 Å². The van der Waals surface area contributed by atoms with Crippen LogP contribution in [0.15, 0.2) is 24.3 Å². The molecule has 0 bridgehead atoms. The molecule has 1 aromatic rings. The molecule has 0 saturated carbocycles. The first-order valence-electron chi connectivity index (χ1n) is 5.46. The van der Waals surface area contributed by atoms with E-state index in [1.807, 2.05) is 24.3 Å². The number of carbonyl (C=O) groups excluding carboxylic acids is 1. The van der Waals surface area contributed by atoms with Crippen LogP contribution in [0.2, 0.25) is 0 Å². The maximum Gasteiger partial charge on any atom is 0.251 e. The quantitative estimate of drug-likeness (QED) is 0.804. The summed E-state index contributed by atoms with van der Waals surface area (Å²) in [6.45, 7) is 3.38. The van der Waals surface area contributed by atoms with Crippen molar-refractivity contribution in [3.63, 3.8) is 0 Å². The number of ether oxygens (including phenoxy) is 1. The van der Waals surface area contributed by atoms with Crippen LogP contribution >= 0.6 is 0 Å². The van der Waals surface area contributed by atoms with Crippen molar-refractivity contribution in [3.05, 3.63) is 29.8 Å². The van der Waals surface area contributed by atoms with E-state index in [9.17, 15) is 4.79 Å². The number of carbonyl (C=O) groups is 1. The van der Waals surface area contributed by atoms with E-state index < -0.39 is 0 Å². The molecule has 16 heavy (non-hydrogen) atoms. The zero-order valence-corrected chi connectivity index (χ0v) is 9.40. The lowest BCUT2D eigenvalue weighted by atomic mass is 10.2. The van der Waals surface area contributed by atoms with Gasteiger partial charge >= 0.3 is 0 Å². The van der Waals surface area contributed by atoms with E-state index in [4.69, 9.17) is 4.74 Å². The number of nitrogens with one attached hydrogen (secondary N) is 1. The highest BCUT2D eigenvalue weighted by Gasteiger charge is 2.11. The predicted octanol–water partition coefficient (Wildman–Crippen LogP) is 0.883. The van der Waals surface area contributed by atoms with Crippen molar-refractivity contribution < 1.29 is 9.53 Å². The van der Waals surface area contributed by atoms with Gasteiger partial charge < -0.3 is 15.0 Å². The zero-order chi connectivity index (χ0) is 11.4. The highest BCUT2D eigenvalue weighted by Crippen LogP contribution is 2.16. The fourth-order valence-electron chi connectivity index (χ4n) is 1.79. The van der Waals surface area contributed by atoms with E-state index >= 15 is 0 Å². The van der Waals surface area contributed by atoms with Crippen molar-refractivity contribution in [1.82, 2.24) is 5.32 Å². The van der Waals surface area contributed by atoms with Gasteiger partial charge in [-0.1, -0.05) is 0 Å². The molecular formula is C12H16N2O2. The summed E-state index contributed by atoms with van der Waals surface area (Å²) in [5.74, 6) is -0.0477. The smallest absolute Gasteiger partial charge is 0.251 e. The van der Waals surface area contributed by atoms with E-state index in [2.05, 4.69) is 10.2 Å². The number of anilines is 1. The van der Waals surface area contributed by atoms with Crippen LogP contribution in [-0.4, -0.2) is 39.3 Å². The number of rotatable bonds is 2. The van der Waals surface area contributed by atoms with Crippen LogP contribution in [-0.2, 0) is 4.74 Å². The lowest BCUT2D eigenvalue weighted by molar-refractivity contribution is 0.0963. The average molecular weight is 220 g/mol. The van der Waals surface area contributed by atoms with Gasteiger partial charge in [0.25, 0.3) is 5.91 Å². The van der Waals surface area contributed by atoms with Gasteiger partial charge in [-0.15, -0.1) is 0 Å². The number of hydrogen-bond acceptors (Lipinski definition) is 3. The molecule has 1 fully saturated rings. The van der Waals surface area contributed by atoms with Gasteiger partial charge in [0, 0.05) is 31.4 Å². The van der Waals surface area contributed by atoms with Gasteiger partial charge in [0.1, 0.15) is 0 Å². The number of amides is 1. The van der Waals surface area contributed by atoms with Crippen molar-refractivity contribution >= 4 is 11.6 Å². The molecule has 0 aliphatic carbocycles. The molecule has 0 spiro atoms. The van der Waals surface area contributed by atoms with Crippen LogP contribution in [0, 0.1) is 0 Å². The maximum absolute atomic E-state index is 11.4. The maximum atomic E-state index is 11.4. The Kier molecular flexibility index (Phi) is 3.41. The third-order valence-corrected chi connectivity index (χ3v) is 2.73. The molecule has 0 atom stereocenters. The SMILES string of the molecule is CNC(=O)c1ccc(N2CCOCC2)cc1. The van der Waals surface area contributed by atoms with Gasteiger partial charge in [-0.25, -0.2) is 0 Å². The second-order valence-electron chi connectivity index (χ2n) is 3.73. The van der Waals surface area contributed by atoms with Crippen LogP contribution in [0.1, 0.15) is 10.4 Å². The largest absolute Gasteiger partial charge is 0.378 e. The Hall–Kier alpha value is -1.55. The summed E-state index contributed by atoms with van der Waals surface area (Å²) in [4.78, 5) is 13.6. The molecule has 0 aromatic heterocycles. The highest BCUT2D eigenvalue weighted by atomic mass is 16.5. The highest BCUT2D eigenvalue weighted by molar-refractivity contribution is 5.94. The minimum absolute atomic E-state index is 0.0477. The number of benzene rings is 1. The summed E-state index contributed by atoms with van der Waals surface area (Å²) in [6.07, 6.45) is 0. The standard InChI is InChI=1S/C12H16N2O2/c1-13-12(15)10-2-4-11(5-3-10)14-6-8-16-9-7-14/h2-5H,6-9H2,1H3,(H,13,15). The third-order valence-electron chi connectivity index (χ3n) is 2.73. The van der Waals surface area contributed by atoms with E-state index in [1.165, 1.54) is 0 Å². The topological polar surface area (TPSA) is 41.6 Å². The minimum atomic E-state index is -0.0477. The van der Waals surface area contributed by atoms with E-state index in [-0.39, 0.29) is 5.91 Å². The van der Waals surface area contributed by atoms with Crippen LogP contribution in [0.25, 0.3) is 0 Å². The Bertz CT molecular complexity index is 356. The van der Waals surface area contributed by atoms with Crippen molar-refractivity contribution in [2.24, 2.45) is 0 Å². The molecule has 4 nitrogen and oxygen atoms in total. The summed E-state index contributed by atoms with van der Waals surface area (Å²) in [6, 6.07) is 7.67. The van der Waals surface area contributed by atoms with Crippen molar-refractivity contribution in [2.45, 2.75) is 0 Å². The number of hydrogen-bond donors (Lipinski definition) is 1. The minimum Gasteiger partial charge on any atom is -0.378 e. The van der Waals surface area contributed by atoms with Crippen molar-refractivity contribution in [1.29, 1.82) is 0 Å². The second kappa shape index (κ2) is 4.99. The van der Waals surface area contributed by atoms with E-state index in [1.54, 1.807) is 7.05 Å². The van der Waals surface area contributed by atoms with Crippen LogP contribution in [0.3, 0.4) is 0 Å². The van der Waals surface area contributed by atoms with Crippen LogP contribution in [0.5, 0.6) is 0 Å². The predicted molar refractivity (Wildman–Crippen MR) is 62.9 cm³/mol. The van der Waals surface area contributed by atoms with Gasteiger partial charge in [-0.3, -0.25) is 4.79 Å². The van der Waals surface area contributed by atoms with Gasteiger partial charge in [-0.2, -0.15) is 0 Å². The molecule has 1 saturated heterocycles. The Morgan fingerprint density at radius 3 is 2.44 bits per heavy atom. The van der Waals surface area contributed by atoms with Gasteiger partial charge in [0.2, 0.25) is 0 Å². The fraction of sp³-hybridized carbons (Fsp3) is 0.417. The molecule has 4 heteroatoms. The molecule has 1 aromatic carbocycles. The first kappa shape index (κ1) is 11.0. The van der Waals surface area contributed by atoms with Gasteiger partial charge in [0.15, 0.2) is 0 Å². The Morgan fingerprint density at radius 1 is 1.25 bits per heavy atom. The van der Waals surface area contributed by atoms with Crippen molar-refractivity contribution in [3.8, 4) is 0 Å². The lowest BCUT2D eigenvalue weighted by Crippen LogP contribution is -2.36. The molecule has 1 aliphatic heterocycles. The average Bonchev–Trinajstić information content (AvgIpc) is 2.39. The Balaban J connectivity index is 2.09. The molecule has 1 aliphatic rings. The molecule has 86 valence electrons. The molecule has 1 N–H and O–H groups in total. The molecule has 0 unspecified atom stereocenters. The number of nitrogens with zero attached hydrogens (tertiary/aromatic N) is 1. The monoisotopic (exact) mass is 220 g/mol. The molecule has 0 radical (unpaired) electrons. The van der Waals surface area contributed by atoms with E-state index in [0.29, 0.717) is 5.56 Å². The van der Waals surface area contributed by atoms with Crippen LogP contribution < -0.4 is 10.2 Å². The molecular weight excluding hydrogens is 204 g/mol. The summed E-state index contributed by atoms with van der Waals surface area (Å²) in [7, 11) is 1.64. The van der Waals surface area contributed by atoms with Gasteiger partial charge in [-0.05, 0) is 24.3 Å². The van der Waals surface area contributed by atoms with Crippen LogP contribution in [0.4, 0.5) is 5.69 Å². The molecule has 1 heterocycles. The lowest BCUT2D eigenvalue weighted by Gasteiger charge is -2.28. The summed E-state index contributed by atoms with van der Waals surface area (Å²) < 4.78 is 5.29. The third kappa shape index (κ3) is 2.33. The molecule has 2 rings (SSSR count). The first-order chi connectivity index (χ1) is 7.81. The summed E-state index contributed by atoms with van der Waals surface area (Å²) >= 11 is 0. The summed E-state index contributed by atoms with van der Waals surface area (Å²) in [5.41, 5.74) is 1.84. The summed E-state index contributed by atoms with van der Waals surface area (Å²) in [5, 5.41) is 2.61. The first-order valence-corrected chi connectivity index (χ1v) is 5.46. The second-order valence-corrected chi connectivity index (χ2v) is 3.73. The Morgan fingerprint density at radius 2 is 1.88 bits per heavy atom. The van der Waals surface area contributed by atoms with Gasteiger partial charge in [0.05, 0.1) is 13.2 Å². The fourth-order valence-corrected chi connectivity index (χ4v) is 1.79. The normalized spacial score (nSPS) is 15.9. The van der Waals surface area contributed by atoms with E-state index in [0.717, 1.165) is 32.0 Å². The zero-order valence-electron chi connectivity index (χ0n) is 9.40.